The molecule has 21 heavy (non-hydrogen) atoms. The van der Waals surface area contributed by atoms with Gasteiger partial charge in [-0.15, -0.1) is 11.8 Å². The van der Waals surface area contributed by atoms with Crippen LogP contribution in [0.5, 0.6) is 0 Å². The van der Waals surface area contributed by atoms with Crippen molar-refractivity contribution in [2.24, 2.45) is 0 Å². The summed E-state index contributed by atoms with van der Waals surface area (Å²) >= 11 is 7.15. The number of benzene rings is 2. The topological polar surface area (TPSA) is 29.1 Å². The van der Waals surface area contributed by atoms with Gasteiger partial charge < -0.3 is 5.32 Å². The number of carbonyl (C=O) groups excluding carboxylic acids is 1. The van der Waals surface area contributed by atoms with Crippen LogP contribution in [-0.4, -0.2) is 11.7 Å². The van der Waals surface area contributed by atoms with Crippen LogP contribution >= 0.6 is 23.4 Å². The normalized spacial score (nSPS) is 10.4. The van der Waals surface area contributed by atoms with Gasteiger partial charge in [0, 0.05) is 10.8 Å². The number of rotatable bonds is 5. The molecule has 0 atom stereocenters. The number of halogens is 2. The minimum absolute atomic E-state index is 0.153. The van der Waals surface area contributed by atoms with Gasteiger partial charge in [-0.2, -0.15) is 0 Å². The Balaban J connectivity index is 1.82. The first kappa shape index (κ1) is 15.9. The average Bonchev–Trinajstić information content (AvgIpc) is 2.42. The molecule has 0 spiro atoms. The Morgan fingerprint density at radius 1 is 1.29 bits per heavy atom. The fourth-order valence-corrected chi connectivity index (χ4v) is 2.77. The molecule has 5 heteroatoms. The molecule has 2 nitrogen and oxygen atoms in total. The zero-order chi connectivity index (χ0) is 15.2. The van der Waals surface area contributed by atoms with Crippen LogP contribution in [0.4, 0.5) is 10.1 Å². The maximum atomic E-state index is 13.5. The minimum Gasteiger partial charge on any atom is -0.323 e. The van der Waals surface area contributed by atoms with E-state index in [9.17, 15) is 9.18 Å². The number of carbonyl (C=O) groups is 1. The van der Waals surface area contributed by atoms with E-state index in [4.69, 9.17) is 11.6 Å². The first-order chi connectivity index (χ1) is 10.0. The van der Waals surface area contributed by atoms with Crippen LogP contribution in [0, 0.1) is 12.7 Å². The number of hydrogen-bond acceptors (Lipinski definition) is 2. The zero-order valence-electron chi connectivity index (χ0n) is 11.5. The van der Waals surface area contributed by atoms with E-state index in [1.54, 1.807) is 6.07 Å². The first-order valence-corrected chi connectivity index (χ1v) is 7.96. The molecular formula is C16H15ClFNOS. The molecule has 0 fully saturated rings. The summed E-state index contributed by atoms with van der Waals surface area (Å²) in [6.45, 7) is 2.03. The monoisotopic (exact) mass is 323 g/mol. The quantitative estimate of drug-likeness (QED) is 0.867. The molecule has 0 unspecified atom stereocenters. The van der Waals surface area contributed by atoms with Crippen molar-refractivity contribution < 1.29 is 9.18 Å². The van der Waals surface area contributed by atoms with E-state index in [0.29, 0.717) is 5.02 Å². The van der Waals surface area contributed by atoms with Gasteiger partial charge in [-0.25, -0.2) is 4.39 Å². The lowest BCUT2D eigenvalue weighted by Gasteiger charge is -2.07. The second-order valence-corrected chi connectivity index (χ2v) is 6.08. The van der Waals surface area contributed by atoms with Gasteiger partial charge in [0.2, 0.25) is 5.91 Å². The largest absolute Gasteiger partial charge is 0.323 e. The van der Waals surface area contributed by atoms with Crippen molar-refractivity contribution in [2.75, 3.05) is 11.1 Å². The predicted molar refractivity (Wildman–Crippen MR) is 87.4 cm³/mol. The third-order valence-electron chi connectivity index (χ3n) is 2.79. The molecule has 0 bridgehead atoms. The van der Waals surface area contributed by atoms with E-state index in [-0.39, 0.29) is 17.3 Å². The maximum Gasteiger partial charge on any atom is 0.234 e. The van der Waals surface area contributed by atoms with Gasteiger partial charge in [0.25, 0.3) is 0 Å². The molecule has 2 rings (SSSR count). The second kappa shape index (κ2) is 7.48. The molecule has 0 aliphatic rings. The average molecular weight is 324 g/mol. The van der Waals surface area contributed by atoms with Crippen molar-refractivity contribution in [3.63, 3.8) is 0 Å². The molecule has 0 aromatic heterocycles. The summed E-state index contributed by atoms with van der Waals surface area (Å²) in [6.07, 6.45) is 0. The standard InChI is InChI=1S/C16H15ClFNOS/c1-11-3-2-4-12(7-11)9-21-10-16(20)19-15-6-5-13(17)8-14(15)18/h2-8H,9-10H2,1H3,(H,19,20). The lowest BCUT2D eigenvalue weighted by molar-refractivity contribution is -0.113. The van der Waals surface area contributed by atoms with Gasteiger partial charge in [-0.1, -0.05) is 41.4 Å². The summed E-state index contributed by atoms with van der Waals surface area (Å²) in [5.41, 5.74) is 2.52. The summed E-state index contributed by atoms with van der Waals surface area (Å²) in [6, 6.07) is 12.3. The van der Waals surface area contributed by atoms with Crippen molar-refractivity contribution in [1.82, 2.24) is 0 Å². The lowest BCUT2D eigenvalue weighted by atomic mass is 10.2. The summed E-state index contributed by atoms with van der Waals surface area (Å²) in [7, 11) is 0. The molecule has 0 aliphatic heterocycles. The summed E-state index contributed by atoms with van der Waals surface area (Å²) < 4.78 is 13.5. The highest BCUT2D eigenvalue weighted by Crippen LogP contribution is 2.19. The van der Waals surface area contributed by atoms with Crippen molar-refractivity contribution in [3.05, 3.63) is 64.4 Å². The Labute approximate surface area is 132 Å². The maximum absolute atomic E-state index is 13.5. The van der Waals surface area contributed by atoms with E-state index < -0.39 is 5.82 Å². The molecular weight excluding hydrogens is 309 g/mol. The zero-order valence-corrected chi connectivity index (χ0v) is 13.1. The van der Waals surface area contributed by atoms with Gasteiger partial charge >= 0.3 is 0 Å². The Kier molecular flexibility index (Phi) is 5.65. The summed E-state index contributed by atoms with van der Waals surface area (Å²) in [5, 5.41) is 2.85. The first-order valence-electron chi connectivity index (χ1n) is 6.43. The van der Waals surface area contributed by atoms with E-state index >= 15 is 0 Å². The van der Waals surface area contributed by atoms with Gasteiger partial charge in [0.1, 0.15) is 5.82 Å². The van der Waals surface area contributed by atoms with Gasteiger partial charge in [0.15, 0.2) is 0 Å². The van der Waals surface area contributed by atoms with Crippen LogP contribution in [0.15, 0.2) is 42.5 Å². The SMILES string of the molecule is Cc1cccc(CSCC(=O)Nc2ccc(Cl)cc2F)c1. The predicted octanol–water partition coefficient (Wildman–Crippen LogP) is 4.66. The van der Waals surface area contributed by atoms with E-state index in [2.05, 4.69) is 11.4 Å². The number of hydrogen-bond donors (Lipinski definition) is 1. The molecule has 2 aromatic rings. The van der Waals surface area contributed by atoms with E-state index in [1.807, 2.05) is 25.1 Å². The summed E-state index contributed by atoms with van der Waals surface area (Å²) in [4.78, 5) is 11.8. The van der Waals surface area contributed by atoms with Gasteiger partial charge in [-0.3, -0.25) is 4.79 Å². The summed E-state index contributed by atoms with van der Waals surface area (Å²) in [5.74, 6) is 0.266. The number of amides is 1. The van der Waals surface area contributed by atoms with Crippen LogP contribution in [0.25, 0.3) is 0 Å². The van der Waals surface area contributed by atoms with Crippen LogP contribution in [0.1, 0.15) is 11.1 Å². The Morgan fingerprint density at radius 2 is 2.10 bits per heavy atom. The number of anilines is 1. The highest BCUT2D eigenvalue weighted by Gasteiger charge is 2.07. The fraction of sp³-hybridized carbons (Fsp3) is 0.188. The molecule has 2 aromatic carbocycles. The van der Waals surface area contributed by atoms with Crippen LogP contribution in [0.2, 0.25) is 5.02 Å². The van der Waals surface area contributed by atoms with Crippen molar-refractivity contribution >= 4 is 35.0 Å². The Hall–Kier alpha value is -1.52. The second-order valence-electron chi connectivity index (χ2n) is 4.65. The van der Waals surface area contributed by atoms with Crippen molar-refractivity contribution in [2.45, 2.75) is 12.7 Å². The van der Waals surface area contributed by atoms with E-state index in [1.165, 1.54) is 35.0 Å². The Morgan fingerprint density at radius 3 is 2.81 bits per heavy atom. The number of nitrogens with one attached hydrogen (secondary N) is 1. The number of thioether (sulfide) groups is 1. The van der Waals surface area contributed by atoms with E-state index in [0.717, 1.165) is 5.75 Å². The molecule has 1 amide bonds. The third kappa shape index (κ3) is 5.06. The highest BCUT2D eigenvalue weighted by molar-refractivity contribution is 7.99. The molecule has 0 aliphatic carbocycles. The molecule has 0 saturated heterocycles. The molecule has 110 valence electrons. The fourth-order valence-electron chi connectivity index (χ4n) is 1.84. The highest BCUT2D eigenvalue weighted by atomic mass is 35.5. The van der Waals surface area contributed by atoms with Gasteiger partial charge in [-0.05, 0) is 30.7 Å². The van der Waals surface area contributed by atoms with Crippen LogP contribution < -0.4 is 5.32 Å². The number of aryl methyl sites for hydroxylation is 1. The molecule has 0 heterocycles. The molecule has 1 N–H and O–H groups in total. The minimum atomic E-state index is -0.528. The molecule has 0 saturated carbocycles. The Bertz CT molecular complexity index is 648. The molecule has 0 radical (unpaired) electrons. The van der Waals surface area contributed by atoms with Crippen LogP contribution in [-0.2, 0) is 10.5 Å². The lowest BCUT2D eigenvalue weighted by Crippen LogP contribution is -2.15. The van der Waals surface area contributed by atoms with Gasteiger partial charge in [0.05, 0.1) is 11.4 Å². The van der Waals surface area contributed by atoms with Crippen molar-refractivity contribution in [3.8, 4) is 0 Å². The third-order valence-corrected chi connectivity index (χ3v) is 4.03. The van der Waals surface area contributed by atoms with Crippen molar-refractivity contribution in [1.29, 1.82) is 0 Å². The smallest absolute Gasteiger partial charge is 0.234 e. The van der Waals surface area contributed by atoms with Crippen LogP contribution in [0.3, 0.4) is 0 Å².